The highest BCUT2D eigenvalue weighted by Gasteiger charge is 2.07. The number of thiocarbonyl (C=S) groups is 1. The van der Waals surface area contributed by atoms with Gasteiger partial charge in [0, 0.05) is 12.1 Å². The quantitative estimate of drug-likeness (QED) is 0.337. The Morgan fingerprint density at radius 2 is 2.04 bits per heavy atom. The molecule has 3 N–H and O–H groups in total. The van der Waals surface area contributed by atoms with Crippen molar-refractivity contribution < 1.29 is 14.4 Å². The van der Waals surface area contributed by atoms with E-state index in [2.05, 4.69) is 22.7 Å². The largest absolute Gasteiger partial charge is 0.493 e. The van der Waals surface area contributed by atoms with Crippen LogP contribution in [0.15, 0.2) is 47.6 Å². The van der Waals surface area contributed by atoms with Gasteiger partial charge in [0.05, 0.1) is 18.2 Å². The lowest BCUT2D eigenvalue weighted by atomic mass is 10.2. The van der Waals surface area contributed by atoms with E-state index in [1.807, 2.05) is 0 Å². The molecule has 0 atom stereocenters. The minimum absolute atomic E-state index is 0.0375. The van der Waals surface area contributed by atoms with Crippen LogP contribution >= 0.6 is 12.2 Å². The molecule has 130 valence electrons. The smallest absolute Gasteiger partial charge is 0.269 e. The summed E-state index contributed by atoms with van der Waals surface area (Å²) in [6.45, 7) is 0.255. The maximum absolute atomic E-state index is 10.6. The predicted molar refractivity (Wildman–Crippen MR) is 97.9 cm³/mol. The van der Waals surface area contributed by atoms with Crippen LogP contribution in [0.5, 0.6) is 11.5 Å². The molecule has 0 aromatic heterocycles. The van der Waals surface area contributed by atoms with Crippen LogP contribution in [0.2, 0.25) is 0 Å². The Hall–Kier alpha value is -3.20. The monoisotopic (exact) mass is 360 g/mol. The van der Waals surface area contributed by atoms with Crippen LogP contribution in [0.3, 0.4) is 0 Å². The van der Waals surface area contributed by atoms with E-state index in [9.17, 15) is 10.1 Å². The van der Waals surface area contributed by atoms with E-state index in [1.165, 1.54) is 19.2 Å². The molecule has 0 aliphatic carbocycles. The fourth-order valence-corrected chi connectivity index (χ4v) is 1.98. The number of nitrogens with one attached hydrogen (secondary N) is 1. The Labute approximate surface area is 149 Å². The van der Waals surface area contributed by atoms with Crippen molar-refractivity contribution in [1.29, 1.82) is 0 Å². The highest BCUT2D eigenvalue weighted by molar-refractivity contribution is 7.80. The summed E-state index contributed by atoms with van der Waals surface area (Å²) in [5.41, 5.74) is 9.35. The van der Waals surface area contributed by atoms with Gasteiger partial charge in [-0.25, -0.2) is 0 Å². The van der Waals surface area contributed by atoms with Crippen LogP contribution in [0.25, 0.3) is 0 Å². The molecule has 0 saturated carbocycles. The molecule has 0 fully saturated rings. The second-order valence-electron chi connectivity index (χ2n) is 4.86. The van der Waals surface area contributed by atoms with Crippen molar-refractivity contribution in [2.24, 2.45) is 10.8 Å². The second-order valence-corrected chi connectivity index (χ2v) is 5.30. The molecule has 0 saturated heterocycles. The second kappa shape index (κ2) is 8.60. The van der Waals surface area contributed by atoms with Gasteiger partial charge in [-0.2, -0.15) is 5.10 Å². The number of rotatable bonds is 7. The lowest BCUT2D eigenvalue weighted by molar-refractivity contribution is -0.384. The summed E-state index contributed by atoms with van der Waals surface area (Å²) in [6, 6.07) is 11.4. The third kappa shape index (κ3) is 5.43. The zero-order valence-electron chi connectivity index (χ0n) is 13.3. The number of nitro benzene ring substituents is 1. The normalized spacial score (nSPS) is 10.4. The summed E-state index contributed by atoms with van der Waals surface area (Å²) in [5.74, 6) is 1.07. The van der Waals surface area contributed by atoms with Crippen molar-refractivity contribution in [2.75, 3.05) is 7.11 Å². The zero-order valence-corrected chi connectivity index (χ0v) is 14.2. The van der Waals surface area contributed by atoms with Crippen LogP contribution in [0, 0.1) is 10.1 Å². The van der Waals surface area contributed by atoms with Crippen molar-refractivity contribution in [3.8, 4) is 11.5 Å². The topological polar surface area (TPSA) is 112 Å². The van der Waals surface area contributed by atoms with Crippen molar-refractivity contribution in [3.05, 3.63) is 63.7 Å². The molecule has 9 heteroatoms. The molecule has 2 rings (SSSR count). The van der Waals surface area contributed by atoms with Crippen LogP contribution < -0.4 is 20.6 Å². The van der Waals surface area contributed by atoms with Crippen LogP contribution in [0.1, 0.15) is 11.1 Å². The van der Waals surface area contributed by atoms with Crippen LogP contribution in [0.4, 0.5) is 5.69 Å². The van der Waals surface area contributed by atoms with E-state index < -0.39 is 4.92 Å². The maximum Gasteiger partial charge on any atom is 0.269 e. The average molecular weight is 360 g/mol. The van der Waals surface area contributed by atoms with Gasteiger partial charge in [0.1, 0.15) is 6.61 Å². The zero-order chi connectivity index (χ0) is 18.2. The third-order valence-corrected chi connectivity index (χ3v) is 3.21. The number of hydrogen-bond donors (Lipinski definition) is 2. The van der Waals surface area contributed by atoms with E-state index in [4.69, 9.17) is 15.2 Å². The third-order valence-electron chi connectivity index (χ3n) is 3.12. The van der Waals surface area contributed by atoms with Crippen molar-refractivity contribution in [3.63, 3.8) is 0 Å². The van der Waals surface area contributed by atoms with Gasteiger partial charge in [-0.05, 0) is 53.7 Å². The van der Waals surface area contributed by atoms with E-state index in [1.54, 1.807) is 36.5 Å². The first kappa shape index (κ1) is 18.1. The Morgan fingerprint density at radius 3 is 2.64 bits per heavy atom. The van der Waals surface area contributed by atoms with Gasteiger partial charge >= 0.3 is 0 Å². The Morgan fingerprint density at radius 1 is 1.32 bits per heavy atom. The van der Waals surface area contributed by atoms with Gasteiger partial charge in [0.2, 0.25) is 0 Å². The first-order chi connectivity index (χ1) is 12.0. The summed E-state index contributed by atoms with van der Waals surface area (Å²) >= 11 is 4.65. The molecule has 2 aromatic rings. The molecule has 0 radical (unpaired) electrons. The van der Waals surface area contributed by atoms with Crippen molar-refractivity contribution in [2.45, 2.75) is 6.61 Å². The van der Waals surface area contributed by atoms with E-state index >= 15 is 0 Å². The number of ether oxygens (including phenoxy) is 2. The van der Waals surface area contributed by atoms with Gasteiger partial charge in [0.25, 0.3) is 5.69 Å². The lowest BCUT2D eigenvalue weighted by Crippen LogP contribution is -2.23. The number of methoxy groups -OCH3 is 1. The fourth-order valence-electron chi connectivity index (χ4n) is 1.93. The Bertz CT molecular complexity index is 793. The van der Waals surface area contributed by atoms with Gasteiger partial charge in [0.15, 0.2) is 16.6 Å². The first-order valence-electron chi connectivity index (χ1n) is 7.12. The highest BCUT2D eigenvalue weighted by Crippen LogP contribution is 2.28. The molecule has 25 heavy (non-hydrogen) atoms. The molecule has 0 unspecified atom stereocenters. The summed E-state index contributed by atoms with van der Waals surface area (Å²) in [6.07, 6.45) is 1.54. The number of nitrogens with zero attached hydrogens (tertiary/aromatic N) is 2. The number of nitrogens with two attached hydrogens (primary N) is 1. The SMILES string of the molecule is COc1cc(C=NNC(N)=S)ccc1OCc1ccc([N+](=O)[O-])cc1. The number of benzene rings is 2. The maximum atomic E-state index is 10.6. The summed E-state index contributed by atoms with van der Waals surface area (Å²) in [7, 11) is 1.53. The van der Waals surface area contributed by atoms with E-state index in [0.29, 0.717) is 11.5 Å². The molecule has 0 spiro atoms. The number of nitro groups is 1. The molecule has 2 aromatic carbocycles. The summed E-state index contributed by atoms with van der Waals surface area (Å²) in [4.78, 5) is 10.2. The minimum Gasteiger partial charge on any atom is -0.493 e. The van der Waals surface area contributed by atoms with E-state index in [0.717, 1.165) is 11.1 Å². The van der Waals surface area contributed by atoms with Crippen LogP contribution in [-0.2, 0) is 6.61 Å². The van der Waals surface area contributed by atoms with Gasteiger partial charge in [-0.1, -0.05) is 0 Å². The highest BCUT2D eigenvalue weighted by atomic mass is 32.1. The molecule has 0 amide bonds. The average Bonchev–Trinajstić information content (AvgIpc) is 2.60. The Balaban J connectivity index is 2.04. The molecular weight excluding hydrogens is 344 g/mol. The summed E-state index contributed by atoms with van der Waals surface area (Å²) in [5, 5.41) is 14.6. The molecule has 0 heterocycles. The van der Waals surface area contributed by atoms with Crippen molar-refractivity contribution in [1.82, 2.24) is 5.43 Å². The fraction of sp³-hybridized carbons (Fsp3) is 0.125. The first-order valence-corrected chi connectivity index (χ1v) is 7.53. The Kier molecular flexibility index (Phi) is 6.24. The van der Waals surface area contributed by atoms with Gasteiger partial charge < -0.3 is 15.2 Å². The van der Waals surface area contributed by atoms with E-state index in [-0.39, 0.29) is 17.4 Å². The molecule has 0 aliphatic rings. The molecule has 0 aliphatic heterocycles. The van der Waals surface area contributed by atoms with Crippen molar-refractivity contribution >= 4 is 29.2 Å². The molecule has 0 bridgehead atoms. The molecular formula is C16H16N4O4S. The standard InChI is InChI=1S/C16H16N4O4S/c1-23-15-8-12(9-18-19-16(17)25)4-7-14(15)24-10-11-2-5-13(6-3-11)20(21)22/h2-9H,10H2,1H3,(H3,17,19,25). The number of non-ortho nitro benzene ring substituents is 1. The number of hydrogen-bond acceptors (Lipinski definition) is 6. The summed E-state index contributed by atoms with van der Waals surface area (Å²) < 4.78 is 11.0. The van der Waals surface area contributed by atoms with Gasteiger partial charge in [-0.3, -0.25) is 15.5 Å². The molecule has 8 nitrogen and oxygen atoms in total. The van der Waals surface area contributed by atoms with Crippen LogP contribution in [-0.4, -0.2) is 23.4 Å². The van der Waals surface area contributed by atoms with Gasteiger partial charge in [-0.15, -0.1) is 0 Å². The lowest BCUT2D eigenvalue weighted by Gasteiger charge is -2.11. The minimum atomic E-state index is -0.444. The predicted octanol–water partition coefficient (Wildman–Crippen LogP) is 2.35. The number of hydrazone groups is 1.